The second kappa shape index (κ2) is 5.61. The predicted molar refractivity (Wildman–Crippen MR) is 72.4 cm³/mol. The molecule has 6 heteroatoms. The minimum atomic E-state index is -0.00197. The van der Waals surface area contributed by atoms with Gasteiger partial charge in [-0.05, 0) is 19.8 Å². The third-order valence-electron chi connectivity index (χ3n) is 3.69. The number of nitrogens with zero attached hydrogens (tertiary/aromatic N) is 3. The van der Waals surface area contributed by atoms with Gasteiger partial charge in [-0.15, -0.1) is 0 Å². The summed E-state index contributed by atoms with van der Waals surface area (Å²) in [7, 11) is 0. The van der Waals surface area contributed by atoms with Crippen molar-refractivity contribution in [2.75, 3.05) is 31.2 Å². The normalized spacial score (nSPS) is 22.1. The Hall–Kier alpha value is -0.910. The van der Waals surface area contributed by atoms with Crippen LogP contribution >= 0.6 is 11.6 Å². The first kappa shape index (κ1) is 13.1. The van der Waals surface area contributed by atoms with Crippen molar-refractivity contribution >= 4 is 17.4 Å². The van der Waals surface area contributed by atoms with Crippen molar-refractivity contribution in [3.63, 3.8) is 0 Å². The van der Waals surface area contributed by atoms with Gasteiger partial charge in [0.25, 0.3) is 0 Å². The summed E-state index contributed by atoms with van der Waals surface area (Å²) in [5, 5.41) is 0.507. The van der Waals surface area contributed by atoms with E-state index in [0.29, 0.717) is 16.9 Å². The topological polar surface area (TPSA) is 47.5 Å². The highest BCUT2D eigenvalue weighted by molar-refractivity contribution is 6.29. The van der Waals surface area contributed by atoms with E-state index in [1.165, 1.54) is 0 Å². The molecule has 3 heterocycles. The Balaban J connectivity index is 1.63. The zero-order valence-corrected chi connectivity index (χ0v) is 11.8. The van der Waals surface area contributed by atoms with Gasteiger partial charge < -0.3 is 14.4 Å². The number of rotatable bonds is 2. The molecule has 3 rings (SSSR count). The fourth-order valence-corrected chi connectivity index (χ4v) is 2.95. The monoisotopic (exact) mass is 283 g/mol. The summed E-state index contributed by atoms with van der Waals surface area (Å²) in [5.41, 5.74) is 0. The standard InChI is InChI=1S/C13H18ClN3O2/c1-9-15-11(14)8-12(16-9)17-4-2-10(3-5-17)13-18-6-7-19-13/h8,10,13H,2-7H2,1H3. The molecule has 1 aromatic rings. The van der Waals surface area contributed by atoms with Crippen LogP contribution < -0.4 is 4.90 Å². The van der Waals surface area contributed by atoms with E-state index in [1.807, 2.05) is 13.0 Å². The van der Waals surface area contributed by atoms with Gasteiger partial charge in [-0.2, -0.15) is 0 Å². The molecule has 0 radical (unpaired) electrons. The van der Waals surface area contributed by atoms with Gasteiger partial charge in [-0.25, -0.2) is 9.97 Å². The summed E-state index contributed by atoms with van der Waals surface area (Å²) >= 11 is 5.98. The number of hydrogen-bond acceptors (Lipinski definition) is 5. The molecule has 0 spiro atoms. The fourth-order valence-electron chi connectivity index (χ4n) is 2.73. The molecule has 0 atom stereocenters. The van der Waals surface area contributed by atoms with Gasteiger partial charge in [-0.1, -0.05) is 11.6 Å². The summed E-state index contributed by atoms with van der Waals surface area (Å²) in [6.07, 6.45) is 2.12. The third kappa shape index (κ3) is 2.99. The quantitative estimate of drug-likeness (QED) is 0.777. The summed E-state index contributed by atoms with van der Waals surface area (Å²) in [4.78, 5) is 10.8. The van der Waals surface area contributed by atoms with E-state index < -0.39 is 0 Å². The van der Waals surface area contributed by atoms with Crippen molar-refractivity contribution in [2.45, 2.75) is 26.1 Å². The molecule has 19 heavy (non-hydrogen) atoms. The lowest BCUT2D eigenvalue weighted by Crippen LogP contribution is -2.38. The lowest BCUT2D eigenvalue weighted by molar-refractivity contribution is -0.0889. The average molecular weight is 284 g/mol. The third-order valence-corrected chi connectivity index (χ3v) is 3.88. The molecule has 1 aromatic heterocycles. The van der Waals surface area contributed by atoms with Gasteiger partial charge in [-0.3, -0.25) is 0 Å². The lowest BCUT2D eigenvalue weighted by Gasteiger charge is -2.34. The van der Waals surface area contributed by atoms with E-state index in [9.17, 15) is 0 Å². The molecule has 2 aliphatic heterocycles. The van der Waals surface area contributed by atoms with Crippen molar-refractivity contribution in [3.8, 4) is 0 Å². The molecular formula is C13H18ClN3O2. The smallest absolute Gasteiger partial charge is 0.160 e. The highest BCUT2D eigenvalue weighted by Gasteiger charge is 2.30. The zero-order chi connectivity index (χ0) is 13.2. The van der Waals surface area contributed by atoms with Gasteiger partial charge >= 0.3 is 0 Å². The Labute approximate surface area is 117 Å². The number of aromatic nitrogens is 2. The van der Waals surface area contributed by atoms with Gasteiger partial charge in [0.2, 0.25) is 0 Å². The Morgan fingerprint density at radius 1 is 1.21 bits per heavy atom. The first-order valence-electron chi connectivity index (χ1n) is 6.72. The maximum Gasteiger partial charge on any atom is 0.160 e. The molecule has 2 fully saturated rings. The number of piperidine rings is 1. The Kier molecular flexibility index (Phi) is 3.86. The van der Waals surface area contributed by atoms with Crippen LogP contribution in [0.1, 0.15) is 18.7 Å². The number of hydrogen-bond donors (Lipinski definition) is 0. The SMILES string of the molecule is Cc1nc(Cl)cc(N2CCC(C3OCCO3)CC2)n1. The van der Waals surface area contributed by atoms with Crippen molar-refractivity contribution in [1.82, 2.24) is 9.97 Å². The molecule has 2 aliphatic rings. The molecule has 2 saturated heterocycles. The van der Waals surface area contributed by atoms with E-state index in [4.69, 9.17) is 21.1 Å². The molecule has 0 bridgehead atoms. The van der Waals surface area contributed by atoms with Gasteiger partial charge in [0.15, 0.2) is 6.29 Å². The van der Waals surface area contributed by atoms with E-state index >= 15 is 0 Å². The first-order chi connectivity index (χ1) is 9.22. The van der Waals surface area contributed by atoms with Gasteiger partial charge in [0.1, 0.15) is 16.8 Å². The fraction of sp³-hybridized carbons (Fsp3) is 0.692. The Morgan fingerprint density at radius 3 is 2.53 bits per heavy atom. The second-order valence-corrected chi connectivity index (χ2v) is 5.42. The maximum absolute atomic E-state index is 5.98. The highest BCUT2D eigenvalue weighted by atomic mass is 35.5. The van der Waals surface area contributed by atoms with Crippen LogP contribution in [0.15, 0.2) is 6.07 Å². The van der Waals surface area contributed by atoms with Crippen LogP contribution in [-0.4, -0.2) is 42.6 Å². The first-order valence-corrected chi connectivity index (χ1v) is 7.09. The lowest BCUT2D eigenvalue weighted by atomic mass is 9.96. The number of halogens is 1. The van der Waals surface area contributed by atoms with E-state index in [0.717, 1.165) is 45.0 Å². The van der Waals surface area contributed by atoms with E-state index in [-0.39, 0.29) is 6.29 Å². The molecule has 0 saturated carbocycles. The average Bonchev–Trinajstić information content (AvgIpc) is 2.91. The second-order valence-electron chi connectivity index (χ2n) is 5.03. The summed E-state index contributed by atoms with van der Waals surface area (Å²) in [6, 6.07) is 1.83. The number of ether oxygens (including phenoxy) is 2. The van der Waals surface area contributed by atoms with Crippen LogP contribution in [0.2, 0.25) is 5.15 Å². The van der Waals surface area contributed by atoms with Crippen LogP contribution in [0.25, 0.3) is 0 Å². The zero-order valence-electron chi connectivity index (χ0n) is 11.0. The van der Waals surface area contributed by atoms with Crippen molar-refractivity contribution in [3.05, 3.63) is 17.0 Å². The predicted octanol–water partition coefficient (Wildman–Crippen LogP) is 2.03. The highest BCUT2D eigenvalue weighted by Crippen LogP contribution is 2.28. The minimum absolute atomic E-state index is 0.00197. The molecule has 0 N–H and O–H groups in total. The van der Waals surface area contributed by atoms with Crippen LogP contribution in [0.3, 0.4) is 0 Å². The van der Waals surface area contributed by atoms with Gasteiger partial charge in [0, 0.05) is 25.1 Å². The van der Waals surface area contributed by atoms with Crippen molar-refractivity contribution in [2.24, 2.45) is 5.92 Å². The summed E-state index contributed by atoms with van der Waals surface area (Å²) < 4.78 is 11.2. The molecule has 104 valence electrons. The van der Waals surface area contributed by atoms with Crippen LogP contribution in [0, 0.1) is 12.8 Å². The maximum atomic E-state index is 5.98. The minimum Gasteiger partial charge on any atom is -0.356 e. The van der Waals surface area contributed by atoms with Crippen LogP contribution in [0.4, 0.5) is 5.82 Å². The summed E-state index contributed by atoms with van der Waals surface area (Å²) in [5.74, 6) is 2.13. The number of aryl methyl sites for hydroxylation is 1. The van der Waals surface area contributed by atoms with Crippen molar-refractivity contribution in [1.29, 1.82) is 0 Å². The molecule has 0 amide bonds. The Morgan fingerprint density at radius 2 is 1.89 bits per heavy atom. The van der Waals surface area contributed by atoms with E-state index in [2.05, 4.69) is 14.9 Å². The van der Waals surface area contributed by atoms with Gasteiger partial charge in [0.05, 0.1) is 13.2 Å². The molecule has 0 aromatic carbocycles. The van der Waals surface area contributed by atoms with Crippen molar-refractivity contribution < 1.29 is 9.47 Å². The largest absolute Gasteiger partial charge is 0.356 e. The molecule has 5 nitrogen and oxygen atoms in total. The van der Waals surface area contributed by atoms with Crippen LogP contribution in [0.5, 0.6) is 0 Å². The summed E-state index contributed by atoms with van der Waals surface area (Å²) in [6.45, 7) is 5.24. The molecular weight excluding hydrogens is 266 g/mol. The molecule has 0 unspecified atom stereocenters. The molecule has 0 aliphatic carbocycles. The number of anilines is 1. The Bertz CT molecular complexity index is 423. The van der Waals surface area contributed by atoms with Crippen LogP contribution in [-0.2, 0) is 9.47 Å². The van der Waals surface area contributed by atoms with E-state index in [1.54, 1.807) is 0 Å².